The third-order valence-electron chi connectivity index (χ3n) is 4.58. The van der Waals surface area contributed by atoms with E-state index in [1.165, 1.54) is 18.6 Å². The first kappa shape index (κ1) is 18.4. The van der Waals surface area contributed by atoms with Gasteiger partial charge in [0.1, 0.15) is 11.9 Å². The number of piperidine rings is 1. The summed E-state index contributed by atoms with van der Waals surface area (Å²) in [7, 11) is 0. The highest BCUT2D eigenvalue weighted by Gasteiger charge is 2.23. The molecule has 24 heavy (non-hydrogen) atoms. The van der Waals surface area contributed by atoms with Crippen molar-refractivity contribution in [2.75, 3.05) is 13.1 Å². The van der Waals surface area contributed by atoms with Gasteiger partial charge >= 0.3 is 5.97 Å². The fourth-order valence-electron chi connectivity index (χ4n) is 3.09. The maximum absolute atomic E-state index is 13.7. The monoisotopic (exact) mass is 336 g/mol. The second-order valence-corrected chi connectivity index (χ2v) is 6.38. The van der Waals surface area contributed by atoms with E-state index in [-0.39, 0.29) is 24.3 Å². The van der Waals surface area contributed by atoms with Gasteiger partial charge in [-0.1, -0.05) is 24.6 Å². The van der Waals surface area contributed by atoms with Crippen LogP contribution >= 0.6 is 0 Å². The van der Waals surface area contributed by atoms with Crippen LogP contribution in [0.5, 0.6) is 0 Å². The Morgan fingerprint density at radius 1 is 1.38 bits per heavy atom. The van der Waals surface area contributed by atoms with E-state index in [0.717, 1.165) is 19.4 Å². The summed E-state index contributed by atoms with van der Waals surface area (Å²) in [6.45, 7) is 3.75. The number of halogens is 1. The van der Waals surface area contributed by atoms with Crippen molar-refractivity contribution in [3.63, 3.8) is 0 Å². The molecule has 0 bridgehead atoms. The van der Waals surface area contributed by atoms with Crippen LogP contribution in [-0.4, -0.2) is 47.1 Å². The summed E-state index contributed by atoms with van der Waals surface area (Å²) in [6, 6.07) is 5.36. The number of carbonyl (C=O) groups excluding carboxylic acids is 1. The average Bonchev–Trinajstić information content (AvgIpc) is 2.55. The van der Waals surface area contributed by atoms with E-state index < -0.39 is 17.8 Å². The van der Waals surface area contributed by atoms with E-state index in [2.05, 4.69) is 17.1 Å². The molecule has 6 heteroatoms. The molecule has 2 rings (SSSR count). The lowest BCUT2D eigenvalue weighted by Gasteiger charge is -2.33. The number of rotatable bonds is 7. The zero-order chi connectivity index (χ0) is 17.5. The number of aliphatic carboxylic acids is 1. The summed E-state index contributed by atoms with van der Waals surface area (Å²) in [5.74, 6) is -1.92. The first-order valence-electron chi connectivity index (χ1n) is 8.47. The number of benzene rings is 1. The fraction of sp³-hybridized carbons (Fsp3) is 0.556. The molecule has 0 spiro atoms. The average molecular weight is 336 g/mol. The first-order valence-corrected chi connectivity index (χ1v) is 8.47. The number of carboxylic acid groups (broad SMARTS) is 1. The molecule has 132 valence electrons. The first-order chi connectivity index (χ1) is 11.5. The van der Waals surface area contributed by atoms with Crippen LogP contribution in [0.3, 0.4) is 0 Å². The highest BCUT2D eigenvalue weighted by molar-refractivity contribution is 5.83. The minimum atomic E-state index is -1.15. The molecule has 1 fully saturated rings. The van der Waals surface area contributed by atoms with Gasteiger partial charge in [0.05, 0.1) is 0 Å². The highest BCUT2D eigenvalue weighted by Crippen LogP contribution is 2.16. The second-order valence-electron chi connectivity index (χ2n) is 6.38. The SMILES string of the molecule is CC1CCCCN1CCC(=O)NC(Cc1ccccc1F)C(=O)O. The van der Waals surface area contributed by atoms with Crippen LogP contribution in [-0.2, 0) is 16.0 Å². The standard InChI is InChI=1S/C18H25FN2O3/c1-13-6-4-5-10-21(13)11-9-17(22)20-16(18(23)24)12-14-7-2-3-8-15(14)19/h2-3,7-8,13,16H,4-6,9-12H2,1H3,(H,20,22)(H,23,24). The molecule has 1 amide bonds. The van der Waals surface area contributed by atoms with Crippen LogP contribution in [0.2, 0.25) is 0 Å². The molecule has 0 radical (unpaired) electrons. The van der Waals surface area contributed by atoms with Crippen LogP contribution in [0.15, 0.2) is 24.3 Å². The summed E-state index contributed by atoms with van der Waals surface area (Å²) in [4.78, 5) is 25.7. The highest BCUT2D eigenvalue weighted by atomic mass is 19.1. The molecule has 0 saturated carbocycles. The quantitative estimate of drug-likeness (QED) is 0.801. The number of nitrogens with one attached hydrogen (secondary N) is 1. The predicted molar refractivity (Wildman–Crippen MR) is 89.2 cm³/mol. The van der Waals surface area contributed by atoms with Crippen molar-refractivity contribution in [3.8, 4) is 0 Å². The Balaban J connectivity index is 1.87. The minimum Gasteiger partial charge on any atom is -0.480 e. The molecule has 0 aliphatic carbocycles. The smallest absolute Gasteiger partial charge is 0.326 e. The summed E-state index contributed by atoms with van der Waals surface area (Å²) in [6.07, 6.45) is 3.68. The van der Waals surface area contributed by atoms with Crippen LogP contribution in [0, 0.1) is 5.82 Å². The molecule has 1 aliphatic rings. The number of carboxylic acids is 1. The van der Waals surface area contributed by atoms with Crippen molar-refractivity contribution in [2.45, 2.75) is 51.1 Å². The zero-order valence-electron chi connectivity index (χ0n) is 14.0. The number of carbonyl (C=O) groups is 2. The van der Waals surface area contributed by atoms with Crippen molar-refractivity contribution in [2.24, 2.45) is 0 Å². The van der Waals surface area contributed by atoms with Gasteiger partial charge in [-0.05, 0) is 37.9 Å². The fourth-order valence-corrected chi connectivity index (χ4v) is 3.09. The Morgan fingerprint density at radius 2 is 2.12 bits per heavy atom. The van der Waals surface area contributed by atoms with E-state index in [1.807, 2.05) is 0 Å². The lowest BCUT2D eigenvalue weighted by atomic mass is 10.0. The Kier molecular flexibility index (Phi) is 6.73. The Morgan fingerprint density at radius 3 is 2.79 bits per heavy atom. The van der Waals surface area contributed by atoms with Gasteiger partial charge in [0.2, 0.25) is 5.91 Å². The van der Waals surface area contributed by atoms with Crippen LogP contribution in [0.4, 0.5) is 4.39 Å². The van der Waals surface area contributed by atoms with Crippen LogP contribution in [0.1, 0.15) is 38.2 Å². The van der Waals surface area contributed by atoms with E-state index in [1.54, 1.807) is 12.1 Å². The number of likely N-dealkylation sites (tertiary alicyclic amines) is 1. The third kappa shape index (κ3) is 5.30. The zero-order valence-corrected chi connectivity index (χ0v) is 14.0. The largest absolute Gasteiger partial charge is 0.480 e. The third-order valence-corrected chi connectivity index (χ3v) is 4.58. The van der Waals surface area contributed by atoms with E-state index >= 15 is 0 Å². The Labute approximate surface area is 141 Å². The molecule has 2 N–H and O–H groups in total. The normalized spacial score (nSPS) is 19.7. The molecule has 2 atom stereocenters. The summed E-state index contributed by atoms with van der Waals surface area (Å²) in [5.41, 5.74) is 0.287. The van der Waals surface area contributed by atoms with Gasteiger partial charge in [-0.3, -0.25) is 4.79 Å². The maximum atomic E-state index is 13.7. The maximum Gasteiger partial charge on any atom is 0.326 e. The van der Waals surface area contributed by atoms with Gasteiger partial charge in [0.25, 0.3) is 0 Å². The minimum absolute atomic E-state index is 0.0616. The van der Waals surface area contributed by atoms with Gasteiger partial charge in [0, 0.05) is 25.4 Å². The van der Waals surface area contributed by atoms with Crippen molar-refractivity contribution < 1.29 is 19.1 Å². The molecular weight excluding hydrogens is 311 g/mol. The molecule has 0 aromatic heterocycles. The molecule has 1 aliphatic heterocycles. The lowest BCUT2D eigenvalue weighted by Crippen LogP contribution is -2.45. The van der Waals surface area contributed by atoms with Crippen molar-refractivity contribution >= 4 is 11.9 Å². The van der Waals surface area contributed by atoms with E-state index in [0.29, 0.717) is 12.6 Å². The van der Waals surface area contributed by atoms with E-state index in [9.17, 15) is 19.1 Å². The number of nitrogens with zero attached hydrogens (tertiary/aromatic N) is 1. The lowest BCUT2D eigenvalue weighted by molar-refractivity contribution is -0.141. The van der Waals surface area contributed by atoms with Crippen LogP contribution < -0.4 is 5.32 Å². The molecule has 2 unspecified atom stereocenters. The number of hydrogen-bond donors (Lipinski definition) is 2. The summed E-state index contributed by atoms with van der Waals surface area (Å²) < 4.78 is 13.7. The van der Waals surface area contributed by atoms with Crippen molar-refractivity contribution in [3.05, 3.63) is 35.6 Å². The van der Waals surface area contributed by atoms with Gasteiger partial charge in [-0.25, -0.2) is 9.18 Å². The van der Waals surface area contributed by atoms with Crippen molar-refractivity contribution in [1.82, 2.24) is 10.2 Å². The molecule has 5 nitrogen and oxygen atoms in total. The molecule has 1 saturated heterocycles. The van der Waals surface area contributed by atoms with Gasteiger partial charge in [0.15, 0.2) is 0 Å². The van der Waals surface area contributed by atoms with Gasteiger partial charge < -0.3 is 15.3 Å². The molecular formula is C18H25FN2O3. The van der Waals surface area contributed by atoms with E-state index in [4.69, 9.17) is 0 Å². The summed E-state index contributed by atoms with van der Waals surface area (Å²) in [5, 5.41) is 11.8. The summed E-state index contributed by atoms with van der Waals surface area (Å²) >= 11 is 0. The predicted octanol–water partition coefficient (Wildman–Crippen LogP) is 2.20. The van der Waals surface area contributed by atoms with Crippen LogP contribution in [0.25, 0.3) is 0 Å². The van der Waals surface area contributed by atoms with Crippen molar-refractivity contribution in [1.29, 1.82) is 0 Å². The Hall–Kier alpha value is -1.95. The number of hydrogen-bond acceptors (Lipinski definition) is 3. The molecule has 1 aromatic rings. The Bertz CT molecular complexity index is 579. The van der Waals surface area contributed by atoms with Gasteiger partial charge in [-0.2, -0.15) is 0 Å². The number of amides is 1. The second kappa shape index (κ2) is 8.78. The van der Waals surface area contributed by atoms with Gasteiger partial charge in [-0.15, -0.1) is 0 Å². The molecule has 1 heterocycles. The topological polar surface area (TPSA) is 69.6 Å². The molecule has 1 aromatic carbocycles.